The number of hydrogen-bond acceptors (Lipinski definition) is 5. The van der Waals surface area contributed by atoms with Gasteiger partial charge in [-0.05, 0) is 25.0 Å². The van der Waals surface area contributed by atoms with E-state index in [0.29, 0.717) is 24.3 Å². The second kappa shape index (κ2) is 4.55. The minimum Gasteiger partial charge on any atom is -0.478 e. The molecule has 0 aliphatic carbocycles. The van der Waals surface area contributed by atoms with Gasteiger partial charge in [-0.15, -0.1) is 0 Å². The van der Waals surface area contributed by atoms with Gasteiger partial charge in [0.25, 0.3) is 0 Å². The van der Waals surface area contributed by atoms with Gasteiger partial charge in [0, 0.05) is 12.1 Å². The summed E-state index contributed by atoms with van der Waals surface area (Å²) in [6.45, 7) is 0. The largest absolute Gasteiger partial charge is 0.478 e. The van der Waals surface area contributed by atoms with E-state index in [4.69, 9.17) is 5.11 Å². The third-order valence-corrected chi connectivity index (χ3v) is 5.24. The highest BCUT2D eigenvalue weighted by Gasteiger charge is 2.28. The fraction of sp³-hybridized carbons (Fsp3) is 0.417. The molecule has 0 aromatic carbocycles. The standard InChI is InChI=1S/C12H13N3O4S/c16-12(17)9-2-1-5-15-11(9)13-10(14-15)8-3-6-20(18,19)7-4-8/h1-2,5,8H,3-4,6-7H2,(H,16,17). The number of sulfone groups is 1. The van der Waals surface area contributed by atoms with Crippen LogP contribution in [0.4, 0.5) is 0 Å². The molecule has 106 valence electrons. The van der Waals surface area contributed by atoms with Crippen molar-refractivity contribution in [2.75, 3.05) is 11.5 Å². The van der Waals surface area contributed by atoms with Crippen molar-refractivity contribution in [3.05, 3.63) is 29.7 Å². The Morgan fingerprint density at radius 3 is 2.70 bits per heavy atom. The van der Waals surface area contributed by atoms with E-state index in [1.54, 1.807) is 12.3 Å². The Hall–Kier alpha value is -1.96. The molecular weight excluding hydrogens is 282 g/mol. The lowest BCUT2D eigenvalue weighted by Crippen LogP contribution is -2.22. The summed E-state index contributed by atoms with van der Waals surface area (Å²) in [5, 5.41) is 13.4. The average Bonchev–Trinajstić information content (AvgIpc) is 2.81. The first-order chi connectivity index (χ1) is 9.46. The maximum absolute atomic E-state index is 11.4. The Labute approximate surface area is 115 Å². The van der Waals surface area contributed by atoms with Gasteiger partial charge in [-0.2, -0.15) is 5.10 Å². The van der Waals surface area contributed by atoms with Crippen molar-refractivity contribution in [1.29, 1.82) is 0 Å². The van der Waals surface area contributed by atoms with Crippen LogP contribution in [0.25, 0.3) is 5.65 Å². The molecule has 1 fully saturated rings. The van der Waals surface area contributed by atoms with E-state index in [1.807, 2.05) is 0 Å². The van der Waals surface area contributed by atoms with E-state index < -0.39 is 15.8 Å². The van der Waals surface area contributed by atoms with Crippen molar-refractivity contribution in [2.24, 2.45) is 0 Å². The Bertz CT molecular complexity index is 767. The number of aromatic nitrogens is 3. The molecule has 0 spiro atoms. The Balaban J connectivity index is 1.98. The maximum atomic E-state index is 11.4. The highest BCUT2D eigenvalue weighted by atomic mass is 32.2. The van der Waals surface area contributed by atoms with Gasteiger partial charge < -0.3 is 5.11 Å². The van der Waals surface area contributed by atoms with E-state index in [0.717, 1.165) is 0 Å². The summed E-state index contributed by atoms with van der Waals surface area (Å²) in [6, 6.07) is 3.07. The first-order valence-corrected chi connectivity index (χ1v) is 8.07. The van der Waals surface area contributed by atoms with E-state index in [-0.39, 0.29) is 23.0 Å². The lowest BCUT2D eigenvalue weighted by molar-refractivity contribution is 0.0698. The molecule has 2 aromatic rings. The minimum absolute atomic E-state index is 0.0277. The van der Waals surface area contributed by atoms with Gasteiger partial charge in [0.1, 0.15) is 15.4 Å². The first-order valence-electron chi connectivity index (χ1n) is 6.25. The predicted molar refractivity (Wildman–Crippen MR) is 70.6 cm³/mol. The van der Waals surface area contributed by atoms with Crippen LogP contribution in [0, 0.1) is 0 Å². The van der Waals surface area contributed by atoms with Crippen LogP contribution in [0.2, 0.25) is 0 Å². The van der Waals surface area contributed by atoms with E-state index in [1.165, 1.54) is 10.6 Å². The molecule has 7 nitrogen and oxygen atoms in total. The predicted octanol–water partition coefficient (Wildman–Crippen LogP) is 0.720. The van der Waals surface area contributed by atoms with Crippen LogP contribution in [0.5, 0.6) is 0 Å². The van der Waals surface area contributed by atoms with Crippen LogP contribution >= 0.6 is 0 Å². The number of carboxylic acids is 1. The molecule has 3 heterocycles. The number of pyridine rings is 1. The topological polar surface area (TPSA) is 102 Å². The lowest BCUT2D eigenvalue weighted by atomic mass is 10.0. The third-order valence-electron chi connectivity index (χ3n) is 3.53. The summed E-state index contributed by atoms with van der Waals surface area (Å²) in [6.07, 6.45) is 2.61. The summed E-state index contributed by atoms with van der Waals surface area (Å²) in [4.78, 5) is 15.4. The van der Waals surface area contributed by atoms with Crippen LogP contribution in [-0.4, -0.2) is 45.6 Å². The number of hydrogen-bond donors (Lipinski definition) is 1. The molecule has 3 rings (SSSR count). The van der Waals surface area contributed by atoms with Crippen LogP contribution in [0.3, 0.4) is 0 Å². The second-order valence-corrected chi connectivity index (χ2v) is 7.19. The smallest absolute Gasteiger partial charge is 0.339 e. The molecule has 0 amide bonds. The Morgan fingerprint density at radius 1 is 1.35 bits per heavy atom. The molecule has 0 bridgehead atoms. The van der Waals surface area contributed by atoms with Gasteiger partial charge in [-0.1, -0.05) is 0 Å². The Kier molecular flexibility index (Phi) is 2.97. The molecule has 8 heteroatoms. The van der Waals surface area contributed by atoms with Crippen molar-refractivity contribution < 1.29 is 18.3 Å². The fourth-order valence-corrected chi connectivity index (χ4v) is 3.90. The summed E-state index contributed by atoms with van der Waals surface area (Å²) in [7, 11) is -2.93. The zero-order chi connectivity index (χ0) is 14.3. The monoisotopic (exact) mass is 295 g/mol. The highest BCUT2D eigenvalue weighted by molar-refractivity contribution is 7.91. The summed E-state index contributed by atoms with van der Waals surface area (Å²) >= 11 is 0. The number of rotatable bonds is 2. The summed E-state index contributed by atoms with van der Waals surface area (Å²) in [5.74, 6) is -0.285. The molecule has 0 radical (unpaired) electrons. The molecule has 1 aliphatic heterocycles. The van der Waals surface area contributed by atoms with E-state index in [9.17, 15) is 13.2 Å². The zero-order valence-electron chi connectivity index (χ0n) is 10.6. The quantitative estimate of drug-likeness (QED) is 0.876. The molecular formula is C12H13N3O4S. The van der Waals surface area contributed by atoms with Gasteiger partial charge in [-0.3, -0.25) is 0 Å². The van der Waals surface area contributed by atoms with Crippen LogP contribution in [0.1, 0.15) is 34.9 Å². The van der Waals surface area contributed by atoms with E-state index in [2.05, 4.69) is 10.1 Å². The Morgan fingerprint density at radius 2 is 2.05 bits per heavy atom. The van der Waals surface area contributed by atoms with Gasteiger partial charge >= 0.3 is 5.97 Å². The number of carbonyl (C=O) groups is 1. The van der Waals surface area contributed by atoms with Gasteiger partial charge in [0.05, 0.1) is 11.5 Å². The van der Waals surface area contributed by atoms with Crippen LogP contribution in [-0.2, 0) is 9.84 Å². The van der Waals surface area contributed by atoms with Crippen molar-refractivity contribution >= 4 is 21.5 Å². The van der Waals surface area contributed by atoms with Crippen molar-refractivity contribution in [1.82, 2.24) is 14.6 Å². The molecule has 0 atom stereocenters. The SMILES string of the molecule is O=C(O)c1cccn2nc(C3CCS(=O)(=O)CC3)nc12. The van der Waals surface area contributed by atoms with Crippen molar-refractivity contribution in [3.8, 4) is 0 Å². The lowest BCUT2D eigenvalue weighted by Gasteiger charge is -2.18. The number of aromatic carboxylic acids is 1. The molecule has 1 N–H and O–H groups in total. The second-order valence-electron chi connectivity index (χ2n) is 4.89. The fourth-order valence-electron chi connectivity index (χ4n) is 2.41. The average molecular weight is 295 g/mol. The number of nitrogens with zero attached hydrogens (tertiary/aromatic N) is 3. The zero-order valence-corrected chi connectivity index (χ0v) is 11.4. The molecule has 20 heavy (non-hydrogen) atoms. The number of fused-ring (bicyclic) bond motifs is 1. The van der Waals surface area contributed by atoms with Crippen LogP contribution in [0.15, 0.2) is 18.3 Å². The minimum atomic E-state index is -2.93. The number of carboxylic acid groups (broad SMARTS) is 1. The van der Waals surface area contributed by atoms with Crippen LogP contribution < -0.4 is 0 Å². The molecule has 0 saturated carbocycles. The van der Waals surface area contributed by atoms with Gasteiger partial charge in [0.15, 0.2) is 11.5 Å². The molecule has 2 aromatic heterocycles. The van der Waals surface area contributed by atoms with E-state index >= 15 is 0 Å². The molecule has 1 saturated heterocycles. The van der Waals surface area contributed by atoms with Crippen molar-refractivity contribution in [2.45, 2.75) is 18.8 Å². The molecule has 0 unspecified atom stereocenters. The van der Waals surface area contributed by atoms with Crippen molar-refractivity contribution in [3.63, 3.8) is 0 Å². The summed E-state index contributed by atoms with van der Waals surface area (Å²) in [5.41, 5.74) is 0.387. The highest BCUT2D eigenvalue weighted by Crippen LogP contribution is 2.27. The summed E-state index contributed by atoms with van der Waals surface area (Å²) < 4.78 is 24.3. The third kappa shape index (κ3) is 2.26. The first kappa shape index (κ1) is 13.0. The van der Waals surface area contributed by atoms with Gasteiger partial charge in [0.2, 0.25) is 0 Å². The van der Waals surface area contributed by atoms with Gasteiger partial charge in [-0.25, -0.2) is 22.7 Å². The molecule has 1 aliphatic rings. The normalized spacial score (nSPS) is 19.2. The maximum Gasteiger partial charge on any atom is 0.339 e.